The van der Waals surface area contributed by atoms with Gasteiger partial charge in [-0.2, -0.15) is 5.10 Å². The molecule has 3 rings (SSSR count). The van der Waals surface area contributed by atoms with Crippen molar-refractivity contribution in [1.29, 1.82) is 0 Å². The highest BCUT2D eigenvalue weighted by atomic mass is 16.5. The van der Waals surface area contributed by atoms with Gasteiger partial charge in [-0.15, -0.1) is 0 Å². The highest BCUT2D eigenvalue weighted by molar-refractivity contribution is 5.76. The number of aromatic nitrogens is 4. The van der Waals surface area contributed by atoms with Crippen LogP contribution in [-0.2, 0) is 23.1 Å². The number of aryl methyl sites for hydroxylation is 3. The van der Waals surface area contributed by atoms with Crippen LogP contribution in [0, 0.1) is 13.8 Å². The maximum atomic E-state index is 12.6. The molecule has 1 aliphatic heterocycles. The molecule has 0 saturated carbocycles. The number of carbonyl (C=O) groups excluding carboxylic acids is 1. The van der Waals surface area contributed by atoms with E-state index < -0.39 is 0 Å². The van der Waals surface area contributed by atoms with Crippen LogP contribution in [0.3, 0.4) is 0 Å². The molecule has 26 heavy (non-hydrogen) atoms. The zero-order valence-electron chi connectivity index (χ0n) is 15.3. The molecule has 0 aromatic carbocycles. The van der Waals surface area contributed by atoms with E-state index >= 15 is 0 Å². The van der Waals surface area contributed by atoms with Crippen LogP contribution in [0.4, 0.5) is 5.82 Å². The predicted octanol–water partition coefficient (Wildman–Crippen LogP) is -0.0669. The fraction of sp³-hybridized carbons (Fsp3) is 0.529. The molecule has 140 valence electrons. The van der Waals surface area contributed by atoms with Crippen molar-refractivity contribution in [2.45, 2.75) is 26.5 Å². The van der Waals surface area contributed by atoms with E-state index in [0.717, 1.165) is 11.4 Å². The molecule has 9 heteroatoms. The number of anilines is 1. The number of ether oxygens (including phenoxy) is 1. The zero-order valence-corrected chi connectivity index (χ0v) is 15.3. The summed E-state index contributed by atoms with van der Waals surface area (Å²) in [6.45, 7) is 5.98. The molecule has 0 radical (unpaired) electrons. The van der Waals surface area contributed by atoms with Crippen LogP contribution in [-0.4, -0.2) is 62.5 Å². The molecule has 2 aromatic rings. The second-order valence-corrected chi connectivity index (χ2v) is 6.49. The molecule has 3 heterocycles. The zero-order chi connectivity index (χ0) is 18.7. The summed E-state index contributed by atoms with van der Waals surface area (Å²) < 4.78 is 8.89. The summed E-state index contributed by atoms with van der Waals surface area (Å²) in [5.41, 5.74) is 1.67. The second-order valence-electron chi connectivity index (χ2n) is 6.49. The minimum Gasteiger partial charge on any atom is -0.373 e. The molecule has 1 unspecified atom stereocenters. The van der Waals surface area contributed by atoms with Crippen LogP contribution < -0.4 is 10.9 Å². The monoisotopic (exact) mass is 360 g/mol. The molecular formula is C17H24N6O3. The van der Waals surface area contributed by atoms with E-state index in [4.69, 9.17) is 4.74 Å². The summed E-state index contributed by atoms with van der Waals surface area (Å²) in [5, 5.41) is 7.36. The number of nitrogens with zero attached hydrogens (tertiary/aromatic N) is 5. The number of amides is 1. The molecule has 1 amide bonds. The van der Waals surface area contributed by atoms with Gasteiger partial charge in [0.15, 0.2) is 5.82 Å². The van der Waals surface area contributed by atoms with Gasteiger partial charge < -0.3 is 19.5 Å². The summed E-state index contributed by atoms with van der Waals surface area (Å²) in [4.78, 5) is 30.4. The first kappa shape index (κ1) is 18.1. The second kappa shape index (κ2) is 7.69. The van der Waals surface area contributed by atoms with Crippen LogP contribution in [0.25, 0.3) is 0 Å². The fourth-order valence-electron chi connectivity index (χ4n) is 2.96. The Labute approximate surface area is 151 Å². The number of morpholine rings is 1. The predicted molar refractivity (Wildman–Crippen MR) is 96.0 cm³/mol. The van der Waals surface area contributed by atoms with Crippen molar-refractivity contribution in [2.24, 2.45) is 7.05 Å². The third-order valence-corrected chi connectivity index (χ3v) is 4.39. The molecule has 9 nitrogen and oxygen atoms in total. The Hall–Kier alpha value is -2.68. The van der Waals surface area contributed by atoms with Crippen molar-refractivity contribution in [3.05, 3.63) is 40.2 Å². The lowest BCUT2D eigenvalue weighted by atomic mass is 10.2. The molecule has 1 N–H and O–H groups in total. The van der Waals surface area contributed by atoms with Crippen molar-refractivity contribution in [3.63, 3.8) is 0 Å². The van der Waals surface area contributed by atoms with Gasteiger partial charge in [-0.3, -0.25) is 14.3 Å². The number of hydrogen-bond acceptors (Lipinski definition) is 6. The van der Waals surface area contributed by atoms with Gasteiger partial charge in [-0.05, 0) is 19.9 Å². The summed E-state index contributed by atoms with van der Waals surface area (Å²) >= 11 is 0. The van der Waals surface area contributed by atoms with Crippen LogP contribution >= 0.6 is 0 Å². The Morgan fingerprint density at radius 1 is 1.42 bits per heavy atom. The number of carbonyl (C=O) groups is 1. The van der Waals surface area contributed by atoms with E-state index in [1.807, 2.05) is 19.9 Å². The Morgan fingerprint density at radius 2 is 2.23 bits per heavy atom. The Morgan fingerprint density at radius 3 is 2.96 bits per heavy atom. The van der Waals surface area contributed by atoms with Gasteiger partial charge in [0.1, 0.15) is 6.54 Å². The highest BCUT2D eigenvalue weighted by Crippen LogP contribution is 2.09. The van der Waals surface area contributed by atoms with Gasteiger partial charge >= 0.3 is 0 Å². The van der Waals surface area contributed by atoms with Gasteiger partial charge in [0.05, 0.1) is 18.4 Å². The van der Waals surface area contributed by atoms with E-state index in [2.05, 4.69) is 15.4 Å². The number of hydrogen-bond donors (Lipinski definition) is 1. The maximum absolute atomic E-state index is 12.6. The summed E-state index contributed by atoms with van der Waals surface area (Å²) in [5.74, 6) is 0.294. The third-order valence-electron chi connectivity index (χ3n) is 4.39. The fourth-order valence-corrected chi connectivity index (χ4v) is 2.96. The topological polar surface area (TPSA) is 94.3 Å². The lowest BCUT2D eigenvalue weighted by Gasteiger charge is -2.33. The lowest BCUT2D eigenvalue weighted by molar-refractivity contribution is -0.139. The van der Waals surface area contributed by atoms with Gasteiger partial charge in [0, 0.05) is 44.8 Å². The van der Waals surface area contributed by atoms with Crippen molar-refractivity contribution in [1.82, 2.24) is 24.2 Å². The molecule has 2 aromatic heterocycles. The third kappa shape index (κ3) is 4.10. The molecular weight excluding hydrogens is 336 g/mol. The van der Waals surface area contributed by atoms with Crippen molar-refractivity contribution < 1.29 is 9.53 Å². The largest absolute Gasteiger partial charge is 0.373 e. The molecule has 1 saturated heterocycles. The van der Waals surface area contributed by atoms with Crippen LogP contribution in [0.1, 0.15) is 11.4 Å². The Bertz CT molecular complexity index is 843. The van der Waals surface area contributed by atoms with Crippen LogP contribution in [0.5, 0.6) is 0 Å². The van der Waals surface area contributed by atoms with Crippen molar-refractivity contribution >= 4 is 11.7 Å². The molecule has 1 atom stereocenters. The van der Waals surface area contributed by atoms with E-state index in [-0.39, 0.29) is 29.9 Å². The van der Waals surface area contributed by atoms with E-state index in [0.29, 0.717) is 26.2 Å². The SMILES string of the molecule is Cc1cc(C)n(CC(=O)N2CCOC(CNc3nccn(C)c3=O)C2)n1. The average molecular weight is 360 g/mol. The normalized spacial score (nSPS) is 17.3. The first-order chi connectivity index (χ1) is 12.4. The molecule has 1 fully saturated rings. The quantitative estimate of drug-likeness (QED) is 0.802. The highest BCUT2D eigenvalue weighted by Gasteiger charge is 2.25. The van der Waals surface area contributed by atoms with Gasteiger partial charge in [0.2, 0.25) is 5.91 Å². The smallest absolute Gasteiger partial charge is 0.293 e. The number of rotatable bonds is 5. The Balaban J connectivity index is 1.57. The minimum atomic E-state index is -0.195. The average Bonchev–Trinajstić information content (AvgIpc) is 2.93. The minimum absolute atomic E-state index is 0.0123. The summed E-state index contributed by atoms with van der Waals surface area (Å²) in [6.07, 6.45) is 2.97. The van der Waals surface area contributed by atoms with Gasteiger partial charge in [0.25, 0.3) is 5.56 Å². The van der Waals surface area contributed by atoms with E-state index in [1.165, 1.54) is 4.57 Å². The lowest BCUT2D eigenvalue weighted by Crippen LogP contribution is -2.49. The molecule has 1 aliphatic rings. The first-order valence-electron chi connectivity index (χ1n) is 8.60. The molecule has 0 bridgehead atoms. The van der Waals surface area contributed by atoms with Gasteiger partial charge in [-0.25, -0.2) is 4.98 Å². The number of nitrogens with one attached hydrogen (secondary N) is 1. The Kier molecular flexibility index (Phi) is 5.36. The first-order valence-corrected chi connectivity index (χ1v) is 8.60. The van der Waals surface area contributed by atoms with Crippen LogP contribution in [0.15, 0.2) is 23.3 Å². The maximum Gasteiger partial charge on any atom is 0.293 e. The van der Waals surface area contributed by atoms with E-state index in [9.17, 15) is 9.59 Å². The van der Waals surface area contributed by atoms with Crippen molar-refractivity contribution in [2.75, 3.05) is 31.6 Å². The summed E-state index contributed by atoms with van der Waals surface area (Å²) in [6, 6.07) is 1.95. The molecule has 0 aliphatic carbocycles. The van der Waals surface area contributed by atoms with E-state index in [1.54, 1.807) is 29.0 Å². The van der Waals surface area contributed by atoms with Gasteiger partial charge in [-0.1, -0.05) is 0 Å². The van der Waals surface area contributed by atoms with Crippen LogP contribution in [0.2, 0.25) is 0 Å². The standard InChI is InChI=1S/C17H24N6O3/c1-12-8-13(2)23(20-12)11-15(24)22-6-7-26-14(10-22)9-19-16-17(25)21(3)5-4-18-16/h4-5,8,14H,6-7,9-11H2,1-3H3,(H,18,19). The van der Waals surface area contributed by atoms with Crippen molar-refractivity contribution in [3.8, 4) is 0 Å². The summed E-state index contributed by atoms with van der Waals surface area (Å²) in [7, 11) is 1.67. The molecule has 0 spiro atoms.